The summed E-state index contributed by atoms with van der Waals surface area (Å²) in [6, 6.07) is 26.8. The smallest absolute Gasteiger partial charge is 0.417 e. The van der Waals surface area contributed by atoms with Crippen LogP contribution in [0.25, 0.3) is 0 Å². The number of hydrogen-bond donors (Lipinski definition) is 0. The van der Waals surface area contributed by atoms with E-state index < -0.39 is 6.09 Å². The molecule has 0 N–H and O–H groups in total. The average Bonchev–Trinajstić information content (AvgIpc) is 3.25. The highest BCUT2D eigenvalue weighted by Crippen LogP contribution is 2.28. The van der Waals surface area contributed by atoms with Crippen LogP contribution in [-0.4, -0.2) is 23.5 Å². The summed E-state index contributed by atoms with van der Waals surface area (Å²) in [5, 5.41) is 0. The molecule has 5 nitrogen and oxygen atoms in total. The van der Waals surface area contributed by atoms with E-state index in [-0.39, 0.29) is 25.0 Å². The third-order valence-electron chi connectivity index (χ3n) is 5.10. The van der Waals surface area contributed by atoms with E-state index in [0.29, 0.717) is 13.0 Å². The predicted molar refractivity (Wildman–Crippen MR) is 124 cm³/mol. The van der Waals surface area contributed by atoms with Crippen molar-refractivity contribution in [2.45, 2.75) is 39.3 Å². The van der Waals surface area contributed by atoms with E-state index >= 15 is 0 Å². The second-order valence-corrected chi connectivity index (χ2v) is 7.19. The number of rotatable bonds is 7. The van der Waals surface area contributed by atoms with Gasteiger partial charge in [-0.1, -0.05) is 86.6 Å². The highest BCUT2D eigenvalue weighted by atomic mass is 16.6. The molecule has 5 heteroatoms. The van der Waals surface area contributed by atoms with Crippen molar-refractivity contribution in [2.24, 2.45) is 0 Å². The second kappa shape index (κ2) is 11.7. The monoisotopic (exact) mass is 431 g/mol. The Morgan fingerprint density at radius 1 is 0.938 bits per heavy atom. The number of carbonyl (C=O) groups excluding carboxylic acids is 2. The van der Waals surface area contributed by atoms with E-state index in [4.69, 9.17) is 9.47 Å². The van der Waals surface area contributed by atoms with Gasteiger partial charge in [0.05, 0.1) is 0 Å². The topological polar surface area (TPSA) is 55.8 Å². The lowest BCUT2D eigenvalue weighted by Gasteiger charge is -2.20. The summed E-state index contributed by atoms with van der Waals surface area (Å²) in [6.45, 7) is 4.68. The minimum Gasteiger partial charge on any atom is -0.489 e. The maximum Gasteiger partial charge on any atom is 0.417 e. The molecule has 1 unspecified atom stereocenters. The van der Waals surface area contributed by atoms with Crippen molar-refractivity contribution >= 4 is 12.0 Å². The van der Waals surface area contributed by atoms with Gasteiger partial charge in [0.25, 0.3) is 0 Å². The van der Waals surface area contributed by atoms with Gasteiger partial charge >= 0.3 is 6.09 Å². The summed E-state index contributed by atoms with van der Waals surface area (Å²) in [5.41, 5.74) is 2.98. The van der Waals surface area contributed by atoms with Gasteiger partial charge < -0.3 is 9.47 Å². The van der Waals surface area contributed by atoms with Crippen LogP contribution in [0.4, 0.5) is 4.79 Å². The molecule has 3 aromatic carbocycles. The number of ether oxygens (including phenoxy) is 2. The Morgan fingerprint density at radius 3 is 2.31 bits per heavy atom. The third-order valence-corrected chi connectivity index (χ3v) is 5.10. The zero-order valence-corrected chi connectivity index (χ0v) is 18.6. The number of amides is 2. The van der Waals surface area contributed by atoms with E-state index in [1.165, 1.54) is 4.90 Å². The maximum atomic E-state index is 12.8. The summed E-state index contributed by atoms with van der Waals surface area (Å²) in [7, 11) is 0. The summed E-state index contributed by atoms with van der Waals surface area (Å²) < 4.78 is 11.0. The van der Waals surface area contributed by atoms with Gasteiger partial charge in [0.2, 0.25) is 5.91 Å². The molecule has 4 rings (SSSR count). The molecule has 0 bridgehead atoms. The number of imide groups is 1. The van der Waals surface area contributed by atoms with Crippen molar-refractivity contribution in [1.82, 2.24) is 4.90 Å². The van der Waals surface area contributed by atoms with Crippen LogP contribution in [0.3, 0.4) is 0 Å². The molecular weight excluding hydrogens is 402 g/mol. The van der Waals surface area contributed by atoms with E-state index in [1.807, 2.05) is 98.8 Å². The number of cyclic esters (lactones) is 1. The van der Waals surface area contributed by atoms with Crippen molar-refractivity contribution in [3.63, 3.8) is 0 Å². The number of hydrogen-bond acceptors (Lipinski definition) is 4. The quantitative estimate of drug-likeness (QED) is 0.464. The summed E-state index contributed by atoms with van der Waals surface area (Å²) in [4.78, 5) is 26.2. The SMILES string of the molecule is CC.O=C(CCc1cccc(OCc2ccccc2)c1)N1C(=O)OCC1c1ccccc1. The van der Waals surface area contributed by atoms with Gasteiger partial charge in [-0.15, -0.1) is 0 Å². The molecule has 2 amide bonds. The van der Waals surface area contributed by atoms with Crippen LogP contribution < -0.4 is 4.74 Å². The first-order chi connectivity index (χ1) is 15.7. The molecule has 0 saturated carbocycles. The molecule has 0 aromatic heterocycles. The first kappa shape index (κ1) is 23.1. The van der Waals surface area contributed by atoms with E-state index in [1.54, 1.807) is 0 Å². The van der Waals surface area contributed by atoms with Crippen molar-refractivity contribution in [3.8, 4) is 5.75 Å². The normalized spacial score (nSPS) is 14.9. The standard InChI is InChI=1S/C25H23NO4.C2H6/c27-24(26-23(18-30-25(26)28)21-11-5-2-6-12-21)15-14-19-10-7-13-22(16-19)29-17-20-8-3-1-4-9-20;1-2/h1-13,16,23H,14-15,17-18H2;1-2H3. The van der Waals surface area contributed by atoms with Gasteiger partial charge in [-0.25, -0.2) is 9.69 Å². The molecule has 1 heterocycles. The number of aryl methyl sites for hydroxylation is 1. The predicted octanol–water partition coefficient (Wildman–Crippen LogP) is 5.94. The summed E-state index contributed by atoms with van der Waals surface area (Å²) in [6.07, 6.45) is 0.168. The highest BCUT2D eigenvalue weighted by Gasteiger charge is 2.38. The van der Waals surface area contributed by atoms with Crippen LogP contribution in [0.5, 0.6) is 5.75 Å². The highest BCUT2D eigenvalue weighted by molar-refractivity contribution is 5.93. The van der Waals surface area contributed by atoms with Gasteiger partial charge in [-0.05, 0) is 35.2 Å². The van der Waals surface area contributed by atoms with Crippen molar-refractivity contribution in [3.05, 3.63) is 102 Å². The van der Waals surface area contributed by atoms with Crippen LogP contribution >= 0.6 is 0 Å². The van der Waals surface area contributed by atoms with Crippen LogP contribution in [0.1, 0.15) is 43.0 Å². The Balaban J connectivity index is 0.00000141. The van der Waals surface area contributed by atoms with Crippen molar-refractivity contribution in [1.29, 1.82) is 0 Å². The van der Waals surface area contributed by atoms with Gasteiger partial charge in [-0.2, -0.15) is 0 Å². The number of benzene rings is 3. The molecule has 0 radical (unpaired) electrons. The second-order valence-electron chi connectivity index (χ2n) is 7.19. The first-order valence-corrected chi connectivity index (χ1v) is 11.0. The van der Waals surface area contributed by atoms with Crippen LogP contribution in [0, 0.1) is 0 Å². The Hall–Kier alpha value is -3.60. The lowest BCUT2D eigenvalue weighted by Crippen LogP contribution is -2.34. The minimum atomic E-state index is -0.575. The third kappa shape index (κ3) is 5.97. The number of carbonyl (C=O) groups is 2. The van der Waals surface area contributed by atoms with Crippen molar-refractivity contribution in [2.75, 3.05) is 6.61 Å². The molecule has 166 valence electrons. The van der Waals surface area contributed by atoms with Crippen LogP contribution in [-0.2, 0) is 22.6 Å². The summed E-state index contributed by atoms with van der Waals surface area (Å²) >= 11 is 0. The maximum absolute atomic E-state index is 12.8. The molecule has 0 spiro atoms. The average molecular weight is 432 g/mol. The molecule has 1 atom stereocenters. The molecule has 1 aliphatic heterocycles. The molecular formula is C27H29NO4. The molecule has 0 aliphatic carbocycles. The molecule has 1 saturated heterocycles. The lowest BCUT2D eigenvalue weighted by molar-refractivity contribution is -0.129. The fourth-order valence-electron chi connectivity index (χ4n) is 3.52. The van der Waals surface area contributed by atoms with Gasteiger partial charge in [-0.3, -0.25) is 4.79 Å². The first-order valence-electron chi connectivity index (χ1n) is 11.0. The fourth-order valence-corrected chi connectivity index (χ4v) is 3.52. The molecule has 32 heavy (non-hydrogen) atoms. The Labute approximate surface area is 189 Å². The Morgan fingerprint density at radius 2 is 1.59 bits per heavy atom. The molecule has 1 fully saturated rings. The van der Waals surface area contributed by atoms with Crippen molar-refractivity contribution < 1.29 is 19.1 Å². The largest absolute Gasteiger partial charge is 0.489 e. The zero-order chi connectivity index (χ0) is 22.8. The zero-order valence-electron chi connectivity index (χ0n) is 18.6. The van der Waals surface area contributed by atoms with Crippen LogP contribution in [0.15, 0.2) is 84.9 Å². The van der Waals surface area contributed by atoms with E-state index in [9.17, 15) is 9.59 Å². The van der Waals surface area contributed by atoms with Gasteiger partial charge in [0.1, 0.15) is 25.0 Å². The van der Waals surface area contributed by atoms with Gasteiger partial charge in [0.15, 0.2) is 0 Å². The van der Waals surface area contributed by atoms with E-state index in [0.717, 1.165) is 22.4 Å². The number of nitrogens with zero attached hydrogens (tertiary/aromatic N) is 1. The van der Waals surface area contributed by atoms with E-state index in [2.05, 4.69) is 0 Å². The Kier molecular flexibility index (Phi) is 8.44. The fraction of sp³-hybridized carbons (Fsp3) is 0.259. The lowest BCUT2D eigenvalue weighted by atomic mass is 10.1. The Bertz CT molecular complexity index is 1000. The molecule has 1 aliphatic rings. The minimum absolute atomic E-state index is 0.192. The summed E-state index contributed by atoms with van der Waals surface area (Å²) in [5.74, 6) is 0.522. The van der Waals surface area contributed by atoms with Crippen LogP contribution in [0.2, 0.25) is 0 Å². The molecule has 3 aromatic rings. The van der Waals surface area contributed by atoms with Gasteiger partial charge in [0, 0.05) is 6.42 Å².